The van der Waals surface area contributed by atoms with Crippen LogP contribution in [0.25, 0.3) is 22.0 Å². The maximum absolute atomic E-state index is 13.5. The Labute approximate surface area is 246 Å². The van der Waals surface area contributed by atoms with Gasteiger partial charge in [0.1, 0.15) is 11.0 Å². The maximum Gasteiger partial charge on any atom is 0.259 e. The van der Waals surface area contributed by atoms with Crippen molar-refractivity contribution in [3.63, 3.8) is 0 Å². The van der Waals surface area contributed by atoms with Crippen LogP contribution in [0.5, 0.6) is 0 Å². The van der Waals surface area contributed by atoms with Crippen LogP contribution in [0.1, 0.15) is 56.3 Å². The van der Waals surface area contributed by atoms with Gasteiger partial charge in [0.05, 0.1) is 23.6 Å². The topological polar surface area (TPSA) is 106 Å². The number of hydrogen-bond acceptors (Lipinski definition) is 7. The van der Waals surface area contributed by atoms with E-state index in [4.69, 9.17) is 22.3 Å². The first-order valence-electron chi connectivity index (χ1n) is 14.2. The molecule has 216 valence electrons. The third-order valence-corrected chi connectivity index (χ3v) is 8.29. The van der Waals surface area contributed by atoms with Crippen LogP contribution in [0.4, 0.5) is 11.5 Å². The van der Waals surface area contributed by atoms with Gasteiger partial charge in [0.25, 0.3) is 5.56 Å². The van der Waals surface area contributed by atoms with Crippen molar-refractivity contribution in [2.24, 2.45) is 19.1 Å². The largest absolute Gasteiger partial charge is 0.384 e. The Morgan fingerprint density at radius 2 is 1.90 bits per heavy atom. The molecule has 0 aliphatic carbocycles. The lowest BCUT2D eigenvalue weighted by molar-refractivity contribution is 0.173. The quantitative estimate of drug-likeness (QED) is 0.228. The molecule has 1 saturated heterocycles. The van der Waals surface area contributed by atoms with Crippen molar-refractivity contribution in [2.75, 3.05) is 24.1 Å². The number of nitrogens with one attached hydrogen (secondary N) is 1. The van der Waals surface area contributed by atoms with E-state index in [0.29, 0.717) is 28.1 Å². The van der Waals surface area contributed by atoms with Crippen LogP contribution in [0.2, 0.25) is 5.15 Å². The monoisotopic (exact) mass is 574 g/mol. The molecule has 3 N–H and O–H groups in total. The van der Waals surface area contributed by atoms with E-state index in [2.05, 4.69) is 47.1 Å². The number of fused-ring (bicyclic) bond motifs is 1. The second kappa shape index (κ2) is 11.7. The molecule has 0 radical (unpaired) electrons. The Morgan fingerprint density at radius 3 is 2.56 bits per heavy atom. The molecular weight excluding hydrogens is 536 g/mol. The van der Waals surface area contributed by atoms with Gasteiger partial charge in [-0.15, -0.1) is 0 Å². The molecule has 1 aliphatic heterocycles. The van der Waals surface area contributed by atoms with Crippen LogP contribution < -0.4 is 16.6 Å². The van der Waals surface area contributed by atoms with Gasteiger partial charge in [-0.05, 0) is 69.9 Å². The summed E-state index contributed by atoms with van der Waals surface area (Å²) in [5.74, 6) is 0.410. The lowest BCUT2D eigenvalue weighted by atomic mass is 9.94. The molecule has 3 aromatic heterocycles. The van der Waals surface area contributed by atoms with Gasteiger partial charge in [-0.25, -0.2) is 4.98 Å². The number of halogens is 1. The fourth-order valence-corrected chi connectivity index (χ4v) is 5.86. The number of nitrogen functional groups attached to an aromatic ring is 1. The Balaban J connectivity index is 1.57. The molecule has 9 nitrogen and oxygen atoms in total. The molecule has 0 bridgehead atoms. The Kier molecular flexibility index (Phi) is 8.20. The summed E-state index contributed by atoms with van der Waals surface area (Å²) in [6, 6.07) is 8.32. The standard InChI is InChI=1S/C31H39ClN8O/c1-18(2)40-11-9-22(10-12-40)34-16-25-28-23(13-19(3)14-24(28)31(41)39(6)30(25)33)20(4)36-26-7-8-27(32)37-29(26)21-15-35-38(5)17-21/h7-8,13-18,20,22,36H,9-12,33H2,1-6H3. The second-order valence-corrected chi connectivity index (χ2v) is 11.8. The van der Waals surface area contributed by atoms with Crippen molar-refractivity contribution in [3.8, 4) is 11.3 Å². The van der Waals surface area contributed by atoms with Gasteiger partial charge in [0, 0.05) is 73.6 Å². The number of benzene rings is 1. The van der Waals surface area contributed by atoms with Gasteiger partial charge in [-0.1, -0.05) is 17.7 Å². The van der Waals surface area contributed by atoms with E-state index in [1.54, 1.807) is 24.0 Å². The average Bonchev–Trinajstić information content (AvgIpc) is 3.38. The van der Waals surface area contributed by atoms with Gasteiger partial charge in [-0.3, -0.25) is 19.0 Å². The predicted molar refractivity (Wildman–Crippen MR) is 169 cm³/mol. The minimum absolute atomic E-state index is 0.124. The van der Waals surface area contributed by atoms with E-state index in [0.717, 1.165) is 59.3 Å². The molecule has 1 fully saturated rings. The summed E-state index contributed by atoms with van der Waals surface area (Å²) in [6.45, 7) is 10.6. The van der Waals surface area contributed by atoms with E-state index in [1.807, 2.05) is 38.5 Å². The van der Waals surface area contributed by atoms with Crippen LogP contribution in [0, 0.1) is 6.92 Å². The summed E-state index contributed by atoms with van der Waals surface area (Å²) in [4.78, 5) is 25.5. The molecule has 1 atom stereocenters. The molecule has 0 saturated carbocycles. The zero-order valence-corrected chi connectivity index (χ0v) is 25.4. The molecule has 1 unspecified atom stereocenters. The summed E-state index contributed by atoms with van der Waals surface area (Å²) in [7, 11) is 3.59. The van der Waals surface area contributed by atoms with E-state index in [9.17, 15) is 4.79 Å². The van der Waals surface area contributed by atoms with Gasteiger partial charge in [0.2, 0.25) is 0 Å². The fraction of sp³-hybridized carbons (Fsp3) is 0.419. The number of hydrogen-bond donors (Lipinski definition) is 2. The first-order chi connectivity index (χ1) is 19.5. The number of pyridine rings is 2. The number of aryl methyl sites for hydroxylation is 2. The van der Waals surface area contributed by atoms with Crippen molar-refractivity contribution in [1.29, 1.82) is 0 Å². The molecule has 4 aromatic rings. The Bertz CT molecular complexity index is 1660. The van der Waals surface area contributed by atoms with Crippen molar-refractivity contribution in [1.82, 2.24) is 24.2 Å². The number of piperidine rings is 1. The number of rotatable bonds is 7. The number of aromatic nitrogens is 4. The highest BCUT2D eigenvalue weighted by molar-refractivity contribution is 6.29. The highest BCUT2D eigenvalue weighted by Gasteiger charge is 2.23. The SMILES string of the molecule is Cc1cc(C(C)Nc2ccc(Cl)nc2-c2cnn(C)c2)c2c(C=NC3CCN(C(C)C)CC3)c(N)n(C)c(=O)c2c1. The number of anilines is 2. The minimum Gasteiger partial charge on any atom is -0.384 e. The fourth-order valence-electron chi connectivity index (χ4n) is 5.71. The minimum atomic E-state index is -0.191. The zero-order chi connectivity index (χ0) is 29.4. The molecule has 5 rings (SSSR count). The molecule has 0 spiro atoms. The number of likely N-dealkylation sites (tertiary alicyclic amines) is 1. The molecule has 4 heterocycles. The first-order valence-corrected chi connectivity index (χ1v) is 14.5. The van der Waals surface area contributed by atoms with E-state index < -0.39 is 0 Å². The smallest absolute Gasteiger partial charge is 0.259 e. The predicted octanol–water partition coefficient (Wildman–Crippen LogP) is 5.34. The highest BCUT2D eigenvalue weighted by Crippen LogP contribution is 2.34. The summed E-state index contributed by atoms with van der Waals surface area (Å²) in [5, 5.41) is 9.78. The van der Waals surface area contributed by atoms with Crippen LogP contribution in [-0.4, -0.2) is 55.6 Å². The van der Waals surface area contributed by atoms with Crippen LogP contribution in [0.3, 0.4) is 0 Å². The second-order valence-electron chi connectivity index (χ2n) is 11.4. The van der Waals surface area contributed by atoms with Gasteiger partial charge >= 0.3 is 0 Å². The summed E-state index contributed by atoms with van der Waals surface area (Å²) < 4.78 is 3.26. The average molecular weight is 575 g/mol. The zero-order valence-electron chi connectivity index (χ0n) is 24.6. The summed E-state index contributed by atoms with van der Waals surface area (Å²) in [6.07, 6.45) is 7.57. The van der Waals surface area contributed by atoms with Gasteiger partial charge in [0.15, 0.2) is 0 Å². The molecule has 0 amide bonds. The summed E-state index contributed by atoms with van der Waals surface area (Å²) in [5.41, 5.74) is 11.6. The van der Waals surface area contributed by atoms with Crippen molar-refractivity contribution in [2.45, 2.75) is 58.7 Å². The maximum atomic E-state index is 13.5. The normalized spacial score (nSPS) is 15.8. The molecule has 1 aromatic carbocycles. The lowest BCUT2D eigenvalue weighted by Gasteiger charge is -2.33. The number of nitrogens with two attached hydrogens (primary N) is 1. The third kappa shape index (κ3) is 5.87. The number of aliphatic imine (C=N–C) groups is 1. The van der Waals surface area contributed by atoms with Crippen molar-refractivity contribution >= 4 is 40.1 Å². The molecule has 1 aliphatic rings. The van der Waals surface area contributed by atoms with Crippen LogP contribution in [0.15, 0.2) is 46.4 Å². The Morgan fingerprint density at radius 1 is 1.17 bits per heavy atom. The van der Waals surface area contributed by atoms with Gasteiger partial charge < -0.3 is 16.0 Å². The Hall–Kier alpha value is -3.69. The van der Waals surface area contributed by atoms with E-state index in [-0.39, 0.29) is 17.6 Å². The van der Waals surface area contributed by atoms with E-state index >= 15 is 0 Å². The first kappa shape index (κ1) is 28.8. The molecule has 41 heavy (non-hydrogen) atoms. The summed E-state index contributed by atoms with van der Waals surface area (Å²) >= 11 is 6.28. The number of nitrogens with zero attached hydrogens (tertiary/aromatic N) is 6. The third-order valence-electron chi connectivity index (χ3n) is 8.08. The molecule has 10 heteroatoms. The lowest BCUT2D eigenvalue weighted by Crippen LogP contribution is -2.39. The van der Waals surface area contributed by atoms with Crippen molar-refractivity contribution < 1.29 is 0 Å². The highest BCUT2D eigenvalue weighted by atomic mass is 35.5. The molecular formula is C31H39ClN8O. The van der Waals surface area contributed by atoms with Crippen molar-refractivity contribution in [3.05, 3.63) is 68.9 Å². The van der Waals surface area contributed by atoms with Crippen LogP contribution >= 0.6 is 11.6 Å². The van der Waals surface area contributed by atoms with Gasteiger partial charge in [-0.2, -0.15) is 5.10 Å². The van der Waals surface area contributed by atoms with Crippen LogP contribution in [-0.2, 0) is 14.1 Å². The van der Waals surface area contributed by atoms with E-state index in [1.165, 1.54) is 4.57 Å².